The van der Waals surface area contributed by atoms with Gasteiger partial charge in [0.2, 0.25) is 0 Å². The molecule has 0 spiro atoms. The first-order valence-corrected chi connectivity index (χ1v) is 9.66. The summed E-state index contributed by atoms with van der Waals surface area (Å²) < 4.78 is 17.2. The van der Waals surface area contributed by atoms with Crippen LogP contribution in [0.1, 0.15) is 30.8 Å². The van der Waals surface area contributed by atoms with E-state index in [2.05, 4.69) is 28.9 Å². The first kappa shape index (κ1) is 19.3. The number of carbonyl (C=O) groups is 1. The third-order valence-corrected chi connectivity index (χ3v) is 5.02. The van der Waals surface area contributed by atoms with Crippen molar-refractivity contribution in [3.8, 4) is 22.6 Å². The second-order valence-corrected chi connectivity index (χ2v) is 7.64. The van der Waals surface area contributed by atoms with E-state index in [4.69, 9.17) is 11.6 Å². The Kier molecular flexibility index (Phi) is 5.15. The molecule has 0 aliphatic carbocycles. The second kappa shape index (κ2) is 7.75. The molecule has 0 bridgehead atoms. The van der Waals surface area contributed by atoms with Crippen LogP contribution in [0.4, 0.5) is 4.39 Å². The van der Waals surface area contributed by atoms with Crippen LogP contribution in [0.25, 0.3) is 28.3 Å². The molecule has 6 nitrogen and oxygen atoms in total. The summed E-state index contributed by atoms with van der Waals surface area (Å²) >= 11 is 6.00. The van der Waals surface area contributed by atoms with Gasteiger partial charge in [-0.2, -0.15) is 5.10 Å². The number of hydrogen-bond donors (Lipinski definition) is 0. The third-order valence-electron chi connectivity index (χ3n) is 4.73. The summed E-state index contributed by atoms with van der Waals surface area (Å²) in [4.78, 5) is 20.1. The number of aldehydes is 1. The van der Waals surface area contributed by atoms with Crippen molar-refractivity contribution in [1.82, 2.24) is 24.1 Å². The molecule has 0 atom stereocenters. The Bertz CT molecular complexity index is 1200. The van der Waals surface area contributed by atoms with E-state index in [9.17, 15) is 9.18 Å². The van der Waals surface area contributed by atoms with Gasteiger partial charge in [-0.05, 0) is 42.7 Å². The summed E-state index contributed by atoms with van der Waals surface area (Å²) in [5, 5.41) is 4.65. The standard InChI is InChI=1S/C21H19ClFN5O/c1-13(2)7-8-27-12-25-20(14-3-4-17(23)16(22)9-14)21(27)18-5-6-19-24-10-15(11-29)28(19)26-18/h3-6,9-13H,7-8H2,1-2H3. The SMILES string of the molecule is CC(C)CCn1cnc(-c2ccc(F)c(Cl)c2)c1-c1ccc2ncc(C=O)n2n1. The number of benzene rings is 1. The van der Waals surface area contributed by atoms with E-state index in [0.717, 1.165) is 18.7 Å². The van der Waals surface area contributed by atoms with Crippen molar-refractivity contribution in [3.05, 3.63) is 59.4 Å². The number of aromatic nitrogens is 5. The lowest BCUT2D eigenvalue weighted by molar-refractivity contribution is 0.111. The summed E-state index contributed by atoms with van der Waals surface area (Å²) in [7, 11) is 0. The topological polar surface area (TPSA) is 65.1 Å². The molecule has 29 heavy (non-hydrogen) atoms. The van der Waals surface area contributed by atoms with Crippen LogP contribution in [-0.2, 0) is 6.54 Å². The molecule has 1 aromatic carbocycles. The zero-order chi connectivity index (χ0) is 20.5. The first-order chi connectivity index (χ1) is 14.0. The van der Waals surface area contributed by atoms with Crippen LogP contribution < -0.4 is 0 Å². The van der Waals surface area contributed by atoms with Crippen molar-refractivity contribution in [2.75, 3.05) is 0 Å². The molecule has 8 heteroatoms. The van der Waals surface area contributed by atoms with Crippen molar-refractivity contribution >= 4 is 23.5 Å². The molecule has 0 saturated heterocycles. The van der Waals surface area contributed by atoms with Crippen molar-refractivity contribution in [2.45, 2.75) is 26.8 Å². The molecule has 4 aromatic rings. The zero-order valence-corrected chi connectivity index (χ0v) is 16.8. The summed E-state index contributed by atoms with van der Waals surface area (Å²) in [6, 6.07) is 8.17. The molecule has 0 N–H and O–H groups in total. The van der Waals surface area contributed by atoms with Crippen LogP contribution in [0.5, 0.6) is 0 Å². The van der Waals surface area contributed by atoms with Gasteiger partial charge in [0.15, 0.2) is 11.9 Å². The van der Waals surface area contributed by atoms with Gasteiger partial charge in [0.1, 0.15) is 17.2 Å². The van der Waals surface area contributed by atoms with Gasteiger partial charge in [-0.15, -0.1) is 0 Å². The van der Waals surface area contributed by atoms with Crippen molar-refractivity contribution in [1.29, 1.82) is 0 Å². The quantitative estimate of drug-likeness (QED) is 0.423. The number of hydrogen-bond acceptors (Lipinski definition) is 4. The Balaban J connectivity index is 1.90. The van der Waals surface area contributed by atoms with Crippen LogP contribution >= 0.6 is 11.6 Å². The minimum Gasteiger partial charge on any atom is -0.329 e. The van der Waals surface area contributed by atoms with Gasteiger partial charge in [0.25, 0.3) is 0 Å². The molecule has 3 aromatic heterocycles. The minimum absolute atomic E-state index is 0.0337. The Morgan fingerprint density at radius 3 is 2.76 bits per heavy atom. The normalized spacial score (nSPS) is 11.5. The number of rotatable bonds is 6. The van der Waals surface area contributed by atoms with E-state index in [1.165, 1.54) is 16.8 Å². The van der Waals surface area contributed by atoms with Crippen LogP contribution in [0, 0.1) is 11.7 Å². The zero-order valence-electron chi connectivity index (χ0n) is 16.0. The number of imidazole rings is 2. The summed E-state index contributed by atoms with van der Waals surface area (Å²) in [5.74, 6) is 0.0320. The molecule has 0 aliphatic heterocycles. The molecule has 0 amide bonds. The molecule has 0 radical (unpaired) electrons. The lowest BCUT2D eigenvalue weighted by atomic mass is 10.1. The second-order valence-electron chi connectivity index (χ2n) is 7.24. The van der Waals surface area contributed by atoms with Gasteiger partial charge in [0, 0.05) is 12.1 Å². The first-order valence-electron chi connectivity index (χ1n) is 9.29. The van der Waals surface area contributed by atoms with Gasteiger partial charge in [-0.3, -0.25) is 4.79 Å². The monoisotopic (exact) mass is 411 g/mol. The van der Waals surface area contributed by atoms with Gasteiger partial charge in [0.05, 0.1) is 28.9 Å². The Hall–Kier alpha value is -3.06. The third kappa shape index (κ3) is 3.65. The Labute approximate surface area is 172 Å². The number of aryl methyl sites for hydroxylation is 1. The molecular formula is C21H19ClFN5O. The lowest BCUT2D eigenvalue weighted by Gasteiger charge is -2.12. The fraction of sp³-hybridized carbons (Fsp3) is 0.238. The van der Waals surface area contributed by atoms with E-state index < -0.39 is 5.82 Å². The van der Waals surface area contributed by atoms with Gasteiger partial charge in [-0.1, -0.05) is 25.4 Å². The molecule has 0 fully saturated rings. The maximum absolute atomic E-state index is 13.7. The van der Waals surface area contributed by atoms with Crippen molar-refractivity contribution in [3.63, 3.8) is 0 Å². The molecule has 3 heterocycles. The van der Waals surface area contributed by atoms with E-state index in [-0.39, 0.29) is 5.02 Å². The minimum atomic E-state index is -0.482. The van der Waals surface area contributed by atoms with E-state index >= 15 is 0 Å². The predicted octanol–water partition coefficient (Wildman–Crippen LogP) is 4.91. The highest BCUT2D eigenvalue weighted by molar-refractivity contribution is 6.31. The molecule has 148 valence electrons. The average molecular weight is 412 g/mol. The Morgan fingerprint density at radius 2 is 2.03 bits per heavy atom. The maximum Gasteiger partial charge on any atom is 0.170 e. The average Bonchev–Trinajstić information content (AvgIpc) is 3.31. The highest BCUT2D eigenvalue weighted by Gasteiger charge is 2.19. The number of halogens is 2. The largest absolute Gasteiger partial charge is 0.329 e. The van der Waals surface area contributed by atoms with Crippen LogP contribution in [0.3, 0.4) is 0 Å². The predicted molar refractivity (Wildman–Crippen MR) is 109 cm³/mol. The summed E-state index contributed by atoms with van der Waals surface area (Å²) in [6.07, 6.45) is 4.91. The van der Waals surface area contributed by atoms with Gasteiger partial charge >= 0.3 is 0 Å². The Morgan fingerprint density at radius 1 is 1.21 bits per heavy atom. The fourth-order valence-corrected chi connectivity index (χ4v) is 3.35. The van der Waals surface area contributed by atoms with E-state index in [1.54, 1.807) is 24.5 Å². The van der Waals surface area contributed by atoms with Crippen molar-refractivity contribution < 1.29 is 9.18 Å². The lowest BCUT2D eigenvalue weighted by Crippen LogP contribution is -2.05. The molecule has 0 aliphatic rings. The van der Waals surface area contributed by atoms with Crippen LogP contribution in [0.15, 0.2) is 42.9 Å². The smallest absolute Gasteiger partial charge is 0.170 e. The molecular weight excluding hydrogens is 393 g/mol. The highest BCUT2D eigenvalue weighted by atomic mass is 35.5. The van der Waals surface area contributed by atoms with E-state index in [1.807, 2.05) is 10.6 Å². The van der Waals surface area contributed by atoms with Gasteiger partial charge in [-0.25, -0.2) is 18.9 Å². The summed E-state index contributed by atoms with van der Waals surface area (Å²) in [5.41, 5.74) is 3.70. The van der Waals surface area contributed by atoms with E-state index in [0.29, 0.717) is 40.5 Å². The molecule has 4 rings (SSSR count). The van der Waals surface area contributed by atoms with Crippen molar-refractivity contribution in [2.24, 2.45) is 5.92 Å². The number of fused-ring (bicyclic) bond motifs is 1. The summed E-state index contributed by atoms with van der Waals surface area (Å²) in [6.45, 7) is 5.06. The van der Waals surface area contributed by atoms with Crippen LogP contribution in [0.2, 0.25) is 5.02 Å². The number of nitrogens with zero attached hydrogens (tertiary/aromatic N) is 5. The fourth-order valence-electron chi connectivity index (χ4n) is 3.17. The van der Waals surface area contributed by atoms with Crippen LogP contribution in [-0.4, -0.2) is 30.4 Å². The molecule has 0 unspecified atom stereocenters. The maximum atomic E-state index is 13.7. The highest BCUT2D eigenvalue weighted by Crippen LogP contribution is 2.32. The number of carbonyl (C=O) groups excluding carboxylic acids is 1. The van der Waals surface area contributed by atoms with Gasteiger partial charge < -0.3 is 4.57 Å². The molecule has 0 saturated carbocycles.